The van der Waals surface area contributed by atoms with Crippen LogP contribution >= 0.6 is 0 Å². The molecule has 1 aromatic rings. The molecule has 2 saturated heterocycles. The first kappa shape index (κ1) is 20.6. The van der Waals surface area contributed by atoms with Crippen molar-refractivity contribution in [2.75, 3.05) is 60.0 Å². The molecule has 0 aromatic heterocycles. The summed E-state index contributed by atoms with van der Waals surface area (Å²) in [7, 11) is 3.96. The van der Waals surface area contributed by atoms with Crippen molar-refractivity contribution in [2.24, 2.45) is 5.92 Å². The number of aliphatic hydroxyl groups excluding tert-OH is 1. The summed E-state index contributed by atoms with van der Waals surface area (Å²) in [6.07, 6.45) is 3.30. The number of piperidine rings is 1. The second-order valence-corrected chi connectivity index (χ2v) is 8.36. The first-order valence-electron chi connectivity index (χ1n) is 10.5. The van der Waals surface area contributed by atoms with Crippen LogP contribution in [0.2, 0.25) is 0 Å². The lowest BCUT2D eigenvalue weighted by Gasteiger charge is -2.46. The largest absolute Gasteiger partial charge is 0.496 e. The maximum Gasteiger partial charge on any atom is 0.121 e. The fourth-order valence-corrected chi connectivity index (χ4v) is 4.81. The number of aliphatic hydroxyl groups is 1. The van der Waals surface area contributed by atoms with Crippen LogP contribution in [0.3, 0.4) is 0 Å². The highest BCUT2D eigenvalue weighted by Gasteiger charge is 2.33. The Morgan fingerprint density at radius 1 is 1.15 bits per heavy atom. The molecular formula is C22H37N3O2. The van der Waals surface area contributed by atoms with E-state index in [0.29, 0.717) is 18.6 Å². The molecule has 27 heavy (non-hydrogen) atoms. The van der Waals surface area contributed by atoms with Gasteiger partial charge in [0.15, 0.2) is 0 Å². The minimum atomic E-state index is 0.309. The zero-order chi connectivity index (χ0) is 19.2. The number of benzene rings is 1. The number of hydrogen-bond donors (Lipinski definition) is 1. The van der Waals surface area contributed by atoms with Crippen molar-refractivity contribution >= 4 is 0 Å². The second kappa shape index (κ2) is 9.87. The normalized spacial score (nSPS) is 25.6. The number of nitrogens with zero attached hydrogens (tertiary/aromatic N) is 3. The van der Waals surface area contributed by atoms with Crippen molar-refractivity contribution in [3.05, 3.63) is 29.3 Å². The van der Waals surface area contributed by atoms with E-state index in [9.17, 15) is 5.11 Å². The predicted molar refractivity (Wildman–Crippen MR) is 110 cm³/mol. The van der Waals surface area contributed by atoms with Crippen LogP contribution in [0, 0.1) is 12.8 Å². The van der Waals surface area contributed by atoms with Gasteiger partial charge in [0.05, 0.1) is 7.11 Å². The van der Waals surface area contributed by atoms with Gasteiger partial charge in [-0.05, 0) is 62.9 Å². The summed E-state index contributed by atoms with van der Waals surface area (Å²) in [6.45, 7) is 10.5. The number of ether oxygens (including phenoxy) is 1. The van der Waals surface area contributed by atoms with Crippen LogP contribution in [0.5, 0.6) is 5.75 Å². The number of methoxy groups -OCH3 is 1. The molecule has 3 rings (SSSR count). The van der Waals surface area contributed by atoms with Crippen LogP contribution in [0.25, 0.3) is 0 Å². The van der Waals surface area contributed by atoms with E-state index in [1.165, 1.54) is 43.7 Å². The van der Waals surface area contributed by atoms with Crippen molar-refractivity contribution in [2.45, 2.75) is 38.8 Å². The maximum absolute atomic E-state index is 9.36. The topological polar surface area (TPSA) is 39.2 Å². The average molecular weight is 376 g/mol. The summed E-state index contributed by atoms with van der Waals surface area (Å²) in [4.78, 5) is 7.76. The molecule has 2 heterocycles. The fourth-order valence-electron chi connectivity index (χ4n) is 4.81. The summed E-state index contributed by atoms with van der Waals surface area (Å²) in [6, 6.07) is 7.22. The van der Waals surface area contributed by atoms with E-state index in [-0.39, 0.29) is 0 Å². The standard InChI is InChI=1S/C22H37N3O2/c1-18-15-19(6-7-22(18)27-3)16-24-9-8-21(20(17-24)5-4-14-26)25-12-10-23(2)11-13-25/h6-7,15,20-21,26H,4-5,8-14,16-17H2,1-3H3/t20-,21+/m0/s1. The molecule has 0 bridgehead atoms. The van der Waals surface area contributed by atoms with Crippen LogP contribution < -0.4 is 4.74 Å². The highest BCUT2D eigenvalue weighted by molar-refractivity contribution is 5.36. The SMILES string of the molecule is COc1ccc(CN2CC[C@@H](N3CCN(C)CC3)[C@@H](CCCO)C2)cc1C. The molecule has 2 atom stereocenters. The van der Waals surface area contributed by atoms with Gasteiger partial charge in [0.2, 0.25) is 0 Å². The zero-order valence-corrected chi connectivity index (χ0v) is 17.4. The first-order chi connectivity index (χ1) is 13.1. The molecule has 0 aliphatic carbocycles. The molecule has 2 aliphatic rings. The highest BCUT2D eigenvalue weighted by Crippen LogP contribution is 2.28. The van der Waals surface area contributed by atoms with Gasteiger partial charge in [0.25, 0.3) is 0 Å². The van der Waals surface area contributed by atoms with Crippen molar-refractivity contribution in [3.63, 3.8) is 0 Å². The van der Waals surface area contributed by atoms with Gasteiger partial charge in [-0.15, -0.1) is 0 Å². The Labute approximate surface area is 164 Å². The first-order valence-corrected chi connectivity index (χ1v) is 10.5. The van der Waals surface area contributed by atoms with Gasteiger partial charge >= 0.3 is 0 Å². The third-order valence-electron chi connectivity index (χ3n) is 6.38. The van der Waals surface area contributed by atoms with Gasteiger partial charge < -0.3 is 14.7 Å². The number of likely N-dealkylation sites (N-methyl/N-ethyl adjacent to an activating group) is 1. The lowest BCUT2D eigenvalue weighted by Crippen LogP contribution is -2.56. The molecule has 0 amide bonds. The molecule has 0 saturated carbocycles. The summed E-state index contributed by atoms with van der Waals surface area (Å²) >= 11 is 0. The summed E-state index contributed by atoms with van der Waals surface area (Å²) < 4.78 is 5.39. The van der Waals surface area contributed by atoms with Gasteiger partial charge in [-0.25, -0.2) is 0 Å². The molecule has 152 valence electrons. The molecule has 2 aliphatic heterocycles. The summed E-state index contributed by atoms with van der Waals surface area (Å²) in [5.41, 5.74) is 2.58. The van der Waals surface area contributed by atoms with Crippen molar-refractivity contribution < 1.29 is 9.84 Å². The Kier molecular flexibility index (Phi) is 7.53. The van der Waals surface area contributed by atoms with Crippen LogP contribution in [0.4, 0.5) is 0 Å². The quantitative estimate of drug-likeness (QED) is 0.791. The van der Waals surface area contributed by atoms with E-state index in [1.807, 2.05) is 0 Å². The lowest BCUT2D eigenvalue weighted by molar-refractivity contribution is 0.0212. The van der Waals surface area contributed by atoms with Crippen molar-refractivity contribution in [1.82, 2.24) is 14.7 Å². The highest BCUT2D eigenvalue weighted by atomic mass is 16.5. The van der Waals surface area contributed by atoms with E-state index in [2.05, 4.69) is 46.9 Å². The number of likely N-dealkylation sites (tertiary alicyclic amines) is 1. The molecule has 1 aromatic carbocycles. The number of rotatable bonds is 7. The number of aryl methyl sites for hydroxylation is 1. The Hall–Kier alpha value is -1.14. The van der Waals surface area contributed by atoms with Gasteiger partial charge in [0.1, 0.15) is 5.75 Å². The average Bonchev–Trinajstić information content (AvgIpc) is 2.67. The molecular weight excluding hydrogens is 338 g/mol. The van der Waals surface area contributed by atoms with Crippen LogP contribution in [0.1, 0.15) is 30.4 Å². The molecule has 2 fully saturated rings. The number of piperazine rings is 1. The Bertz CT molecular complexity index is 587. The smallest absolute Gasteiger partial charge is 0.121 e. The summed E-state index contributed by atoms with van der Waals surface area (Å²) in [5, 5.41) is 9.36. The van der Waals surface area contributed by atoms with E-state index in [4.69, 9.17) is 4.74 Å². The van der Waals surface area contributed by atoms with Gasteiger partial charge in [-0.3, -0.25) is 9.80 Å². The lowest BCUT2D eigenvalue weighted by atomic mass is 9.86. The predicted octanol–water partition coefficient (Wildman–Crippen LogP) is 2.21. The molecule has 0 unspecified atom stereocenters. The minimum absolute atomic E-state index is 0.309. The Morgan fingerprint density at radius 3 is 2.59 bits per heavy atom. The Morgan fingerprint density at radius 2 is 1.93 bits per heavy atom. The van der Waals surface area contributed by atoms with Crippen LogP contribution in [0.15, 0.2) is 18.2 Å². The van der Waals surface area contributed by atoms with E-state index >= 15 is 0 Å². The third-order valence-corrected chi connectivity index (χ3v) is 6.38. The van der Waals surface area contributed by atoms with Crippen molar-refractivity contribution in [1.29, 1.82) is 0 Å². The van der Waals surface area contributed by atoms with Crippen molar-refractivity contribution in [3.8, 4) is 5.75 Å². The molecule has 0 spiro atoms. The fraction of sp³-hybridized carbons (Fsp3) is 0.727. The van der Waals surface area contributed by atoms with Crippen LogP contribution in [-0.4, -0.2) is 85.9 Å². The monoisotopic (exact) mass is 375 g/mol. The molecule has 5 heteroatoms. The Balaban J connectivity index is 1.62. The molecule has 1 N–H and O–H groups in total. The van der Waals surface area contributed by atoms with E-state index < -0.39 is 0 Å². The third kappa shape index (κ3) is 5.44. The van der Waals surface area contributed by atoms with Gasteiger partial charge in [0, 0.05) is 51.9 Å². The van der Waals surface area contributed by atoms with E-state index in [1.54, 1.807) is 7.11 Å². The molecule has 5 nitrogen and oxygen atoms in total. The second-order valence-electron chi connectivity index (χ2n) is 8.36. The number of hydrogen-bond acceptors (Lipinski definition) is 5. The van der Waals surface area contributed by atoms with Crippen LogP contribution in [-0.2, 0) is 6.54 Å². The molecule has 0 radical (unpaired) electrons. The zero-order valence-electron chi connectivity index (χ0n) is 17.4. The van der Waals surface area contributed by atoms with Gasteiger partial charge in [-0.1, -0.05) is 12.1 Å². The maximum atomic E-state index is 9.36. The van der Waals surface area contributed by atoms with Gasteiger partial charge in [-0.2, -0.15) is 0 Å². The summed E-state index contributed by atoms with van der Waals surface area (Å²) in [5.74, 6) is 1.63. The van der Waals surface area contributed by atoms with E-state index in [0.717, 1.165) is 38.2 Å². The minimum Gasteiger partial charge on any atom is -0.496 e.